The lowest BCUT2D eigenvalue weighted by Gasteiger charge is -2.14. The number of carbonyl (C=O) groups is 1. The smallest absolute Gasteiger partial charge is 0.266 e. The standard InChI is InChI=1S/C23H15ClN2O4S/c24-16-6-2-4-8-18(16)26-22(28)15-5-1-3-7-17(15)25-23(26)31-12-19(27)14-9-10-20-21(11-14)30-13-29-20/h1-11H,12-13H2. The molecule has 0 amide bonds. The summed E-state index contributed by atoms with van der Waals surface area (Å²) in [5.74, 6) is 1.14. The third kappa shape index (κ3) is 3.66. The summed E-state index contributed by atoms with van der Waals surface area (Å²) in [6, 6.07) is 19.3. The van der Waals surface area contributed by atoms with Gasteiger partial charge in [-0.05, 0) is 42.5 Å². The van der Waals surface area contributed by atoms with Gasteiger partial charge in [-0.3, -0.25) is 14.2 Å². The first-order valence-corrected chi connectivity index (χ1v) is 10.8. The molecular formula is C23H15ClN2O4S. The van der Waals surface area contributed by atoms with E-state index in [-0.39, 0.29) is 23.9 Å². The minimum Gasteiger partial charge on any atom is -0.454 e. The molecule has 0 saturated carbocycles. The number of hydrogen-bond acceptors (Lipinski definition) is 6. The monoisotopic (exact) mass is 450 g/mol. The predicted molar refractivity (Wildman–Crippen MR) is 120 cm³/mol. The Morgan fingerprint density at radius 1 is 1.03 bits per heavy atom. The number of halogens is 1. The van der Waals surface area contributed by atoms with Gasteiger partial charge in [-0.1, -0.05) is 47.6 Å². The Balaban J connectivity index is 1.53. The lowest BCUT2D eigenvalue weighted by atomic mass is 10.1. The highest BCUT2D eigenvalue weighted by Crippen LogP contribution is 2.33. The molecule has 154 valence electrons. The molecule has 0 bridgehead atoms. The van der Waals surface area contributed by atoms with Crippen molar-refractivity contribution in [3.8, 4) is 17.2 Å². The molecule has 0 fully saturated rings. The second kappa shape index (κ2) is 8.09. The fourth-order valence-electron chi connectivity index (χ4n) is 3.34. The molecule has 2 heterocycles. The van der Waals surface area contributed by atoms with Crippen LogP contribution in [0, 0.1) is 0 Å². The van der Waals surface area contributed by atoms with E-state index in [1.165, 1.54) is 16.3 Å². The summed E-state index contributed by atoms with van der Waals surface area (Å²) < 4.78 is 12.1. The van der Waals surface area contributed by atoms with E-state index in [1.54, 1.807) is 60.7 Å². The zero-order valence-corrected chi connectivity index (χ0v) is 17.7. The molecule has 1 aliphatic heterocycles. The van der Waals surface area contributed by atoms with Gasteiger partial charge in [0.15, 0.2) is 22.4 Å². The first-order valence-electron chi connectivity index (χ1n) is 9.44. The number of nitrogens with zero attached hydrogens (tertiary/aromatic N) is 2. The molecule has 31 heavy (non-hydrogen) atoms. The van der Waals surface area contributed by atoms with Crippen LogP contribution in [0.2, 0.25) is 5.02 Å². The van der Waals surface area contributed by atoms with E-state index in [9.17, 15) is 9.59 Å². The largest absolute Gasteiger partial charge is 0.454 e. The van der Waals surface area contributed by atoms with Crippen LogP contribution in [0.1, 0.15) is 10.4 Å². The van der Waals surface area contributed by atoms with Crippen LogP contribution in [-0.2, 0) is 0 Å². The molecule has 4 aromatic rings. The molecule has 6 nitrogen and oxygen atoms in total. The average molecular weight is 451 g/mol. The maximum atomic E-state index is 13.3. The number of ketones is 1. The number of carbonyl (C=O) groups excluding carboxylic acids is 1. The van der Waals surface area contributed by atoms with Crippen LogP contribution in [0.3, 0.4) is 0 Å². The third-order valence-corrected chi connectivity index (χ3v) is 6.12. The van der Waals surface area contributed by atoms with Crippen molar-refractivity contribution in [1.29, 1.82) is 0 Å². The quantitative estimate of drug-likeness (QED) is 0.248. The molecule has 0 spiro atoms. The minimum absolute atomic E-state index is 0.0921. The van der Waals surface area contributed by atoms with Crippen molar-refractivity contribution in [2.75, 3.05) is 12.5 Å². The number of Topliss-reactive ketones (excluding diaryl/α,β-unsaturated/α-hetero) is 1. The van der Waals surface area contributed by atoms with Crippen molar-refractivity contribution in [3.63, 3.8) is 0 Å². The summed E-state index contributed by atoms with van der Waals surface area (Å²) in [4.78, 5) is 30.8. The molecule has 0 unspecified atom stereocenters. The highest BCUT2D eigenvalue weighted by Gasteiger charge is 2.19. The molecule has 1 aromatic heterocycles. The van der Waals surface area contributed by atoms with Gasteiger partial charge in [0.2, 0.25) is 6.79 Å². The molecule has 0 radical (unpaired) electrons. The first kappa shape index (κ1) is 19.7. The number of thioether (sulfide) groups is 1. The normalized spacial score (nSPS) is 12.3. The summed E-state index contributed by atoms with van der Waals surface area (Å²) in [5, 5.41) is 1.30. The van der Waals surface area contributed by atoms with Gasteiger partial charge in [-0.15, -0.1) is 0 Å². The molecule has 0 atom stereocenters. The molecule has 8 heteroatoms. The summed E-state index contributed by atoms with van der Waals surface area (Å²) in [6.45, 7) is 0.146. The van der Waals surface area contributed by atoms with Crippen LogP contribution in [0.25, 0.3) is 16.6 Å². The summed E-state index contributed by atoms with van der Waals surface area (Å²) in [6.07, 6.45) is 0. The lowest BCUT2D eigenvalue weighted by Crippen LogP contribution is -2.22. The molecule has 0 saturated heterocycles. The fraction of sp³-hybridized carbons (Fsp3) is 0.0870. The average Bonchev–Trinajstić information content (AvgIpc) is 3.26. The Labute approximate surface area is 186 Å². The Kier molecular flexibility index (Phi) is 5.13. The second-order valence-corrected chi connectivity index (χ2v) is 8.13. The fourth-order valence-corrected chi connectivity index (χ4v) is 4.46. The Bertz CT molecular complexity index is 1390. The predicted octanol–water partition coefficient (Wildman–Crippen LogP) is 4.74. The minimum atomic E-state index is -0.239. The third-order valence-electron chi connectivity index (χ3n) is 4.87. The zero-order chi connectivity index (χ0) is 21.4. The Hall–Kier alpha value is -3.29. The van der Waals surface area contributed by atoms with Crippen LogP contribution in [0.5, 0.6) is 11.5 Å². The van der Waals surface area contributed by atoms with E-state index in [2.05, 4.69) is 4.98 Å². The topological polar surface area (TPSA) is 70.4 Å². The molecule has 0 aliphatic carbocycles. The van der Waals surface area contributed by atoms with Gasteiger partial charge >= 0.3 is 0 Å². The van der Waals surface area contributed by atoms with Crippen molar-refractivity contribution in [1.82, 2.24) is 9.55 Å². The van der Waals surface area contributed by atoms with E-state index < -0.39 is 0 Å². The van der Waals surface area contributed by atoms with Crippen molar-refractivity contribution < 1.29 is 14.3 Å². The second-order valence-electron chi connectivity index (χ2n) is 6.78. The van der Waals surface area contributed by atoms with Crippen molar-refractivity contribution in [2.24, 2.45) is 0 Å². The van der Waals surface area contributed by atoms with Crippen molar-refractivity contribution in [3.05, 3.63) is 87.7 Å². The van der Waals surface area contributed by atoms with Crippen molar-refractivity contribution in [2.45, 2.75) is 5.16 Å². The number of benzene rings is 3. The van der Waals surface area contributed by atoms with E-state index in [1.807, 2.05) is 6.07 Å². The molecule has 1 aliphatic rings. The van der Waals surface area contributed by atoms with Crippen LogP contribution >= 0.6 is 23.4 Å². The highest BCUT2D eigenvalue weighted by molar-refractivity contribution is 7.99. The van der Waals surface area contributed by atoms with Crippen molar-refractivity contribution >= 4 is 40.0 Å². The maximum absolute atomic E-state index is 13.3. The SMILES string of the molecule is O=C(CSc1nc2ccccc2c(=O)n1-c1ccccc1Cl)c1ccc2c(c1)OCO2. The van der Waals surface area contributed by atoms with Crippen LogP contribution in [0.4, 0.5) is 0 Å². The van der Waals surface area contributed by atoms with Gasteiger partial charge in [0, 0.05) is 5.56 Å². The van der Waals surface area contributed by atoms with E-state index in [0.29, 0.717) is 43.8 Å². The lowest BCUT2D eigenvalue weighted by molar-refractivity contribution is 0.102. The van der Waals surface area contributed by atoms with Gasteiger partial charge < -0.3 is 9.47 Å². The van der Waals surface area contributed by atoms with Crippen LogP contribution in [-0.4, -0.2) is 27.9 Å². The van der Waals surface area contributed by atoms with Gasteiger partial charge in [-0.2, -0.15) is 0 Å². The number of rotatable bonds is 5. The summed E-state index contributed by atoms with van der Waals surface area (Å²) in [7, 11) is 0. The van der Waals surface area contributed by atoms with E-state index in [0.717, 1.165) is 0 Å². The maximum Gasteiger partial charge on any atom is 0.266 e. The number of para-hydroxylation sites is 2. The number of hydrogen-bond donors (Lipinski definition) is 0. The first-order chi connectivity index (χ1) is 15.1. The van der Waals surface area contributed by atoms with Gasteiger partial charge in [-0.25, -0.2) is 4.98 Å². The molecule has 3 aromatic carbocycles. The summed E-state index contributed by atoms with van der Waals surface area (Å²) in [5.41, 5.74) is 1.35. The Morgan fingerprint density at radius 2 is 1.81 bits per heavy atom. The van der Waals surface area contributed by atoms with Crippen LogP contribution < -0.4 is 15.0 Å². The number of aromatic nitrogens is 2. The molecule has 5 rings (SSSR count). The molecule has 0 N–H and O–H groups in total. The van der Waals surface area contributed by atoms with Gasteiger partial charge in [0.05, 0.1) is 27.4 Å². The van der Waals surface area contributed by atoms with Gasteiger partial charge in [0.25, 0.3) is 5.56 Å². The van der Waals surface area contributed by atoms with E-state index in [4.69, 9.17) is 21.1 Å². The highest BCUT2D eigenvalue weighted by atomic mass is 35.5. The summed E-state index contributed by atoms with van der Waals surface area (Å²) >= 11 is 7.56. The Morgan fingerprint density at radius 3 is 2.68 bits per heavy atom. The number of fused-ring (bicyclic) bond motifs is 2. The van der Waals surface area contributed by atoms with Crippen LogP contribution in [0.15, 0.2) is 76.7 Å². The van der Waals surface area contributed by atoms with E-state index >= 15 is 0 Å². The number of ether oxygens (including phenoxy) is 2. The van der Waals surface area contributed by atoms with Gasteiger partial charge in [0.1, 0.15) is 0 Å². The molecular weight excluding hydrogens is 436 g/mol. The zero-order valence-electron chi connectivity index (χ0n) is 16.1.